The number of aromatic amines is 1. The van der Waals surface area contributed by atoms with Crippen molar-refractivity contribution in [1.82, 2.24) is 15.3 Å². The molecular weight excluding hydrogens is 328 g/mol. The van der Waals surface area contributed by atoms with E-state index in [2.05, 4.69) is 20.6 Å². The standard InChI is InChI=1S/C20H18N4O2/c25-18(23-13-3-1-8-21-10-13)12-4-5-15-14(9-12)16-17(24-15)19(26)22-11-20(16)6-2-7-20/h1,3-5,8-10,24H,2,6-7,11H2,(H,22,26)(H,23,25). The van der Waals surface area contributed by atoms with E-state index in [1.54, 1.807) is 30.6 Å². The largest absolute Gasteiger partial charge is 0.350 e. The van der Waals surface area contributed by atoms with Crippen molar-refractivity contribution in [2.75, 3.05) is 11.9 Å². The Morgan fingerprint density at radius 3 is 2.85 bits per heavy atom. The Balaban J connectivity index is 1.58. The third kappa shape index (κ3) is 2.15. The highest BCUT2D eigenvalue weighted by Gasteiger charge is 2.46. The summed E-state index contributed by atoms with van der Waals surface area (Å²) in [5, 5.41) is 6.85. The summed E-state index contributed by atoms with van der Waals surface area (Å²) in [7, 11) is 0. The smallest absolute Gasteiger partial charge is 0.268 e. The van der Waals surface area contributed by atoms with Gasteiger partial charge in [-0.3, -0.25) is 14.6 Å². The van der Waals surface area contributed by atoms with Crippen LogP contribution in [0, 0.1) is 0 Å². The van der Waals surface area contributed by atoms with E-state index >= 15 is 0 Å². The molecule has 0 radical (unpaired) electrons. The number of fused-ring (bicyclic) bond motifs is 4. The SMILES string of the molecule is O=C(Nc1cccnc1)c1ccc2[nH]c3c(c2c1)C1(CCC1)CNC3=O. The quantitative estimate of drug-likeness (QED) is 0.667. The van der Waals surface area contributed by atoms with Crippen molar-refractivity contribution >= 4 is 28.4 Å². The van der Waals surface area contributed by atoms with Crippen LogP contribution < -0.4 is 10.6 Å². The van der Waals surface area contributed by atoms with E-state index in [1.165, 1.54) is 6.42 Å². The molecule has 0 bridgehead atoms. The van der Waals surface area contributed by atoms with Crippen LogP contribution in [0.15, 0.2) is 42.7 Å². The zero-order valence-corrected chi connectivity index (χ0v) is 14.1. The zero-order valence-electron chi connectivity index (χ0n) is 14.1. The molecule has 1 spiro atoms. The fourth-order valence-electron chi connectivity index (χ4n) is 4.15. The summed E-state index contributed by atoms with van der Waals surface area (Å²) in [6.45, 7) is 0.678. The van der Waals surface area contributed by atoms with Crippen LogP contribution in [-0.4, -0.2) is 28.3 Å². The lowest BCUT2D eigenvalue weighted by atomic mass is 9.62. The van der Waals surface area contributed by atoms with Gasteiger partial charge in [0.1, 0.15) is 5.69 Å². The Morgan fingerprint density at radius 2 is 2.12 bits per heavy atom. The van der Waals surface area contributed by atoms with Gasteiger partial charge in [-0.1, -0.05) is 6.42 Å². The number of aromatic nitrogens is 2. The molecule has 1 saturated carbocycles. The van der Waals surface area contributed by atoms with Crippen molar-refractivity contribution in [1.29, 1.82) is 0 Å². The highest BCUT2D eigenvalue weighted by Crippen LogP contribution is 2.49. The zero-order chi connectivity index (χ0) is 17.7. The van der Waals surface area contributed by atoms with Crippen LogP contribution in [0.25, 0.3) is 10.9 Å². The predicted octanol–water partition coefficient (Wildman–Crippen LogP) is 2.98. The lowest BCUT2D eigenvalue weighted by Gasteiger charge is -2.45. The maximum Gasteiger partial charge on any atom is 0.268 e. The van der Waals surface area contributed by atoms with Crippen molar-refractivity contribution in [3.05, 3.63) is 59.5 Å². The number of nitrogens with one attached hydrogen (secondary N) is 3. The van der Waals surface area contributed by atoms with E-state index in [9.17, 15) is 9.59 Å². The summed E-state index contributed by atoms with van der Waals surface area (Å²) in [5.41, 5.74) is 3.87. The fraction of sp³-hybridized carbons (Fsp3) is 0.250. The average molecular weight is 346 g/mol. The van der Waals surface area contributed by atoms with Crippen LogP contribution in [0.1, 0.15) is 45.7 Å². The molecule has 3 heterocycles. The number of benzene rings is 1. The highest BCUT2D eigenvalue weighted by molar-refractivity contribution is 6.08. The van der Waals surface area contributed by atoms with Crippen LogP contribution in [0.3, 0.4) is 0 Å². The maximum absolute atomic E-state index is 12.6. The van der Waals surface area contributed by atoms with E-state index in [4.69, 9.17) is 0 Å². The van der Waals surface area contributed by atoms with Crippen LogP contribution >= 0.6 is 0 Å². The number of rotatable bonds is 2. The first-order valence-electron chi connectivity index (χ1n) is 8.82. The minimum absolute atomic E-state index is 0.0138. The lowest BCUT2D eigenvalue weighted by Crippen LogP contribution is -2.50. The highest BCUT2D eigenvalue weighted by atomic mass is 16.2. The molecule has 0 atom stereocenters. The molecule has 3 N–H and O–H groups in total. The first-order chi connectivity index (χ1) is 12.7. The number of hydrogen-bond donors (Lipinski definition) is 3. The minimum atomic E-state index is -0.183. The molecule has 1 fully saturated rings. The molecule has 2 aromatic heterocycles. The van der Waals surface area contributed by atoms with E-state index in [0.29, 0.717) is 23.5 Å². The number of pyridine rings is 1. The van der Waals surface area contributed by atoms with Crippen LogP contribution in [0.5, 0.6) is 0 Å². The molecule has 3 aromatic rings. The molecule has 26 heavy (non-hydrogen) atoms. The van der Waals surface area contributed by atoms with E-state index < -0.39 is 0 Å². The molecule has 1 aliphatic carbocycles. The van der Waals surface area contributed by atoms with Gasteiger partial charge in [0, 0.05) is 34.6 Å². The van der Waals surface area contributed by atoms with Crippen molar-refractivity contribution < 1.29 is 9.59 Å². The summed E-state index contributed by atoms with van der Waals surface area (Å²) in [6, 6.07) is 9.14. The first kappa shape index (κ1) is 15.1. The van der Waals surface area contributed by atoms with Gasteiger partial charge in [0.15, 0.2) is 0 Å². The topological polar surface area (TPSA) is 86.9 Å². The predicted molar refractivity (Wildman–Crippen MR) is 98.4 cm³/mol. The van der Waals surface area contributed by atoms with Crippen molar-refractivity contribution in [2.24, 2.45) is 0 Å². The number of carbonyl (C=O) groups excluding carboxylic acids is 2. The Kier molecular flexibility index (Phi) is 3.16. The van der Waals surface area contributed by atoms with Crippen LogP contribution in [-0.2, 0) is 5.41 Å². The number of nitrogens with zero attached hydrogens (tertiary/aromatic N) is 1. The first-order valence-corrected chi connectivity index (χ1v) is 8.82. The van der Waals surface area contributed by atoms with E-state index in [0.717, 1.165) is 29.3 Å². The van der Waals surface area contributed by atoms with Gasteiger partial charge in [-0.2, -0.15) is 0 Å². The molecule has 1 aromatic carbocycles. The fourth-order valence-corrected chi connectivity index (χ4v) is 4.15. The van der Waals surface area contributed by atoms with Crippen molar-refractivity contribution in [2.45, 2.75) is 24.7 Å². The maximum atomic E-state index is 12.6. The second kappa shape index (κ2) is 5.42. The molecule has 6 nitrogen and oxygen atoms in total. The Bertz CT molecular complexity index is 1030. The summed E-state index contributed by atoms with van der Waals surface area (Å²) in [5.74, 6) is -0.243. The molecular formula is C20H18N4O2. The molecule has 1 aliphatic heterocycles. The Labute approximate surface area is 150 Å². The second-order valence-corrected chi connectivity index (χ2v) is 7.15. The van der Waals surface area contributed by atoms with Gasteiger partial charge >= 0.3 is 0 Å². The van der Waals surface area contributed by atoms with E-state index in [-0.39, 0.29) is 17.2 Å². The summed E-state index contributed by atoms with van der Waals surface area (Å²) in [4.78, 5) is 32.2. The van der Waals surface area contributed by atoms with Crippen molar-refractivity contribution in [3.63, 3.8) is 0 Å². The minimum Gasteiger partial charge on any atom is -0.350 e. The van der Waals surface area contributed by atoms with Gasteiger partial charge in [-0.15, -0.1) is 0 Å². The normalized spacial score (nSPS) is 17.5. The average Bonchev–Trinajstić information content (AvgIpc) is 3.02. The lowest BCUT2D eigenvalue weighted by molar-refractivity contribution is 0.0892. The van der Waals surface area contributed by atoms with E-state index in [1.807, 2.05) is 12.1 Å². The van der Waals surface area contributed by atoms with Crippen LogP contribution in [0.4, 0.5) is 5.69 Å². The summed E-state index contributed by atoms with van der Waals surface area (Å²) in [6.07, 6.45) is 6.58. The molecule has 6 heteroatoms. The van der Waals surface area contributed by atoms with Gasteiger partial charge in [-0.25, -0.2) is 0 Å². The Hall–Kier alpha value is -3.15. The number of hydrogen-bond acceptors (Lipinski definition) is 3. The second-order valence-electron chi connectivity index (χ2n) is 7.15. The van der Waals surface area contributed by atoms with Crippen LogP contribution in [0.2, 0.25) is 0 Å². The number of H-pyrrole nitrogens is 1. The van der Waals surface area contributed by atoms with Gasteiger partial charge < -0.3 is 15.6 Å². The van der Waals surface area contributed by atoms with Crippen molar-refractivity contribution in [3.8, 4) is 0 Å². The molecule has 0 unspecified atom stereocenters. The van der Waals surface area contributed by atoms with Gasteiger partial charge in [-0.05, 0) is 48.7 Å². The number of carbonyl (C=O) groups is 2. The third-order valence-corrected chi connectivity index (χ3v) is 5.64. The molecule has 2 aliphatic rings. The van der Waals surface area contributed by atoms with Gasteiger partial charge in [0.2, 0.25) is 0 Å². The summed E-state index contributed by atoms with van der Waals surface area (Å²) < 4.78 is 0. The molecule has 5 rings (SSSR count). The number of amides is 2. The summed E-state index contributed by atoms with van der Waals surface area (Å²) >= 11 is 0. The molecule has 2 amide bonds. The van der Waals surface area contributed by atoms with Gasteiger partial charge in [0.05, 0.1) is 11.9 Å². The van der Waals surface area contributed by atoms with Gasteiger partial charge in [0.25, 0.3) is 11.8 Å². The molecule has 0 saturated heterocycles. The third-order valence-electron chi connectivity index (χ3n) is 5.64. The molecule has 130 valence electrons. The number of anilines is 1. The monoisotopic (exact) mass is 346 g/mol. The Morgan fingerprint density at radius 1 is 1.23 bits per heavy atom.